The first-order valence-corrected chi connectivity index (χ1v) is 8.38. The molecule has 4 rings (SSSR count). The van der Waals surface area contributed by atoms with Gasteiger partial charge in [0.2, 0.25) is 0 Å². The molecule has 0 atom stereocenters. The fourth-order valence-corrected chi connectivity index (χ4v) is 3.61. The van der Waals surface area contributed by atoms with Crippen molar-refractivity contribution in [1.82, 2.24) is 15.5 Å². The monoisotopic (exact) mass is 312 g/mol. The van der Waals surface area contributed by atoms with Crippen molar-refractivity contribution < 1.29 is 4.39 Å². The van der Waals surface area contributed by atoms with Gasteiger partial charge in [0.05, 0.1) is 5.69 Å². The first-order valence-electron chi connectivity index (χ1n) is 8.38. The molecule has 1 aliphatic heterocycles. The van der Waals surface area contributed by atoms with Crippen molar-refractivity contribution in [2.45, 2.75) is 25.7 Å². The Hall–Kier alpha value is -2.01. The maximum Gasteiger partial charge on any atom is 0.154 e. The van der Waals surface area contributed by atoms with Crippen LogP contribution in [-0.2, 0) is 19.3 Å². The van der Waals surface area contributed by atoms with Crippen molar-refractivity contribution in [3.8, 4) is 0 Å². The summed E-state index contributed by atoms with van der Waals surface area (Å²) in [5, 5.41) is 12.5. The maximum atomic E-state index is 13.1. The van der Waals surface area contributed by atoms with Gasteiger partial charge in [-0.2, -0.15) is 5.10 Å². The second-order valence-corrected chi connectivity index (χ2v) is 6.32. The van der Waals surface area contributed by atoms with Crippen LogP contribution in [0.2, 0.25) is 0 Å². The lowest BCUT2D eigenvalue weighted by molar-refractivity contribution is 0.580. The number of halogens is 1. The quantitative estimate of drug-likeness (QED) is 0.942. The van der Waals surface area contributed by atoms with Gasteiger partial charge in [-0.15, -0.1) is 5.10 Å². The zero-order valence-electron chi connectivity index (χ0n) is 13.2. The molecule has 1 saturated heterocycles. The van der Waals surface area contributed by atoms with Crippen molar-refractivity contribution in [3.05, 3.63) is 52.5 Å². The average Bonchev–Trinajstić information content (AvgIpc) is 3.08. The third kappa shape index (κ3) is 2.93. The predicted molar refractivity (Wildman–Crippen MR) is 88.3 cm³/mol. The van der Waals surface area contributed by atoms with Crippen molar-refractivity contribution >= 4 is 5.82 Å². The molecule has 2 aromatic rings. The number of nitrogens with zero attached hydrogens (tertiary/aromatic N) is 3. The molecule has 0 unspecified atom stereocenters. The molecular formula is C18H21FN4. The highest BCUT2D eigenvalue weighted by atomic mass is 19.1. The van der Waals surface area contributed by atoms with Crippen LogP contribution in [0, 0.1) is 5.82 Å². The number of hydrogen-bond acceptors (Lipinski definition) is 4. The number of rotatable bonds is 3. The van der Waals surface area contributed by atoms with Crippen LogP contribution in [0.3, 0.4) is 0 Å². The van der Waals surface area contributed by atoms with E-state index in [0.29, 0.717) is 0 Å². The van der Waals surface area contributed by atoms with Crippen LogP contribution in [0.25, 0.3) is 0 Å². The molecule has 0 saturated carbocycles. The van der Waals surface area contributed by atoms with Gasteiger partial charge in [-0.25, -0.2) is 4.39 Å². The highest BCUT2D eigenvalue weighted by Gasteiger charge is 2.24. The smallest absolute Gasteiger partial charge is 0.154 e. The molecule has 1 aliphatic carbocycles. The average molecular weight is 312 g/mol. The van der Waals surface area contributed by atoms with Gasteiger partial charge < -0.3 is 10.2 Å². The van der Waals surface area contributed by atoms with Crippen LogP contribution in [0.15, 0.2) is 24.3 Å². The number of hydrogen-bond donors (Lipinski definition) is 1. The number of fused-ring (bicyclic) bond motifs is 1. The van der Waals surface area contributed by atoms with Gasteiger partial charge in [0.15, 0.2) is 5.82 Å². The van der Waals surface area contributed by atoms with Gasteiger partial charge >= 0.3 is 0 Å². The Morgan fingerprint density at radius 1 is 1.00 bits per heavy atom. The minimum Gasteiger partial charge on any atom is -0.352 e. The molecule has 1 fully saturated rings. The topological polar surface area (TPSA) is 41.1 Å². The van der Waals surface area contributed by atoms with Crippen LogP contribution in [0.5, 0.6) is 0 Å². The van der Waals surface area contributed by atoms with Crippen LogP contribution in [0.4, 0.5) is 10.2 Å². The molecule has 2 heterocycles. The highest BCUT2D eigenvalue weighted by Crippen LogP contribution is 2.32. The lowest BCUT2D eigenvalue weighted by Gasteiger charge is -2.29. The molecular weight excluding hydrogens is 291 g/mol. The lowest BCUT2D eigenvalue weighted by Crippen LogP contribution is -2.44. The summed E-state index contributed by atoms with van der Waals surface area (Å²) in [5.74, 6) is 0.890. The van der Waals surface area contributed by atoms with E-state index < -0.39 is 0 Å². The van der Waals surface area contributed by atoms with Gasteiger partial charge in [-0.1, -0.05) is 12.1 Å². The zero-order chi connectivity index (χ0) is 15.6. The van der Waals surface area contributed by atoms with E-state index in [2.05, 4.69) is 20.4 Å². The number of piperazine rings is 1. The summed E-state index contributed by atoms with van der Waals surface area (Å²) in [4.78, 5) is 2.36. The van der Waals surface area contributed by atoms with Crippen LogP contribution in [-0.4, -0.2) is 36.4 Å². The fourth-order valence-electron chi connectivity index (χ4n) is 3.61. The highest BCUT2D eigenvalue weighted by molar-refractivity contribution is 5.54. The van der Waals surface area contributed by atoms with Gasteiger partial charge in [-0.3, -0.25) is 0 Å². The summed E-state index contributed by atoms with van der Waals surface area (Å²) in [7, 11) is 0. The summed E-state index contributed by atoms with van der Waals surface area (Å²) in [5.41, 5.74) is 4.91. The van der Waals surface area contributed by atoms with Crippen molar-refractivity contribution in [1.29, 1.82) is 0 Å². The first-order chi connectivity index (χ1) is 11.3. The Morgan fingerprint density at radius 3 is 2.52 bits per heavy atom. The van der Waals surface area contributed by atoms with E-state index in [9.17, 15) is 4.39 Å². The Morgan fingerprint density at radius 2 is 1.74 bits per heavy atom. The van der Waals surface area contributed by atoms with E-state index in [1.807, 2.05) is 12.1 Å². The third-order valence-electron chi connectivity index (χ3n) is 4.80. The van der Waals surface area contributed by atoms with E-state index in [0.717, 1.165) is 62.5 Å². The molecule has 1 aromatic heterocycles. The lowest BCUT2D eigenvalue weighted by atomic mass is 10.0. The third-order valence-corrected chi connectivity index (χ3v) is 4.80. The summed E-state index contributed by atoms with van der Waals surface area (Å²) in [6, 6.07) is 6.70. The first kappa shape index (κ1) is 14.6. The molecule has 0 spiro atoms. The van der Waals surface area contributed by atoms with E-state index in [-0.39, 0.29) is 5.82 Å². The number of benzene rings is 1. The molecule has 4 nitrogen and oxygen atoms in total. The molecule has 120 valence electrons. The second-order valence-electron chi connectivity index (χ2n) is 6.32. The number of aromatic nitrogens is 2. The Bertz CT molecular complexity index is 693. The standard InChI is InChI=1S/C18H21FN4/c19-14-6-4-13(5-7-14)12-17-15-2-1-3-16(15)18(22-21-17)23-10-8-20-9-11-23/h4-7,20H,1-3,8-12H2. The Balaban J connectivity index is 1.64. The minimum absolute atomic E-state index is 0.195. The normalized spacial score (nSPS) is 17.3. The van der Waals surface area contributed by atoms with Crippen molar-refractivity contribution in [3.63, 3.8) is 0 Å². The van der Waals surface area contributed by atoms with Crippen LogP contribution in [0.1, 0.15) is 28.8 Å². The summed E-state index contributed by atoms with van der Waals surface area (Å²) < 4.78 is 13.1. The van der Waals surface area contributed by atoms with E-state index in [1.54, 1.807) is 0 Å². The number of nitrogens with one attached hydrogen (secondary N) is 1. The minimum atomic E-state index is -0.195. The fraction of sp³-hybridized carbons (Fsp3) is 0.444. The van der Waals surface area contributed by atoms with Gasteiger partial charge in [0.1, 0.15) is 5.82 Å². The number of anilines is 1. The van der Waals surface area contributed by atoms with Gasteiger partial charge in [0.25, 0.3) is 0 Å². The van der Waals surface area contributed by atoms with E-state index in [4.69, 9.17) is 0 Å². The summed E-state index contributed by atoms with van der Waals surface area (Å²) in [6.45, 7) is 4.01. The maximum absolute atomic E-state index is 13.1. The van der Waals surface area contributed by atoms with E-state index >= 15 is 0 Å². The summed E-state index contributed by atoms with van der Waals surface area (Å²) >= 11 is 0. The van der Waals surface area contributed by atoms with Crippen molar-refractivity contribution in [2.75, 3.05) is 31.1 Å². The van der Waals surface area contributed by atoms with Gasteiger partial charge in [-0.05, 0) is 42.5 Å². The summed E-state index contributed by atoms with van der Waals surface area (Å²) in [6.07, 6.45) is 4.09. The van der Waals surface area contributed by atoms with Crippen molar-refractivity contribution in [2.24, 2.45) is 0 Å². The molecule has 1 aromatic carbocycles. The molecule has 5 heteroatoms. The largest absolute Gasteiger partial charge is 0.352 e. The van der Waals surface area contributed by atoms with Gasteiger partial charge in [0, 0.05) is 38.2 Å². The Kier molecular flexibility index (Phi) is 3.95. The van der Waals surface area contributed by atoms with Crippen LogP contribution >= 0.6 is 0 Å². The molecule has 0 amide bonds. The van der Waals surface area contributed by atoms with E-state index in [1.165, 1.54) is 29.7 Å². The predicted octanol–water partition coefficient (Wildman–Crippen LogP) is 2.10. The molecule has 23 heavy (non-hydrogen) atoms. The SMILES string of the molecule is Fc1ccc(Cc2nnc(N3CCNCC3)c3c2CCC3)cc1. The Labute approximate surface area is 135 Å². The molecule has 2 aliphatic rings. The molecule has 0 radical (unpaired) electrons. The second kappa shape index (κ2) is 6.24. The molecule has 0 bridgehead atoms. The molecule has 1 N–H and O–H groups in total. The van der Waals surface area contributed by atoms with Crippen LogP contribution < -0.4 is 10.2 Å². The zero-order valence-corrected chi connectivity index (χ0v) is 13.2.